The van der Waals surface area contributed by atoms with Crippen LogP contribution in [0.3, 0.4) is 0 Å². The van der Waals surface area contributed by atoms with Gasteiger partial charge in [0.25, 0.3) is 0 Å². The van der Waals surface area contributed by atoms with Crippen LogP contribution < -0.4 is 9.47 Å². The van der Waals surface area contributed by atoms with Crippen molar-refractivity contribution >= 4 is 17.7 Å². The second kappa shape index (κ2) is 9.00. The molecule has 168 valence electrons. The SMILES string of the molecule is CCN(CCO)C(=O)CC1(c2ccccc2)CC(=O)N(Cc2ccc3c(c2)OCO3)C1=O. The summed E-state index contributed by atoms with van der Waals surface area (Å²) in [6.45, 7) is 2.47. The number of nitrogens with zero attached hydrogens (tertiary/aromatic N) is 2. The van der Waals surface area contributed by atoms with Gasteiger partial charge in [-0.1, -0.05) is 36.4 Å². The van der Waals surface area contributed by atoms with Crippen LogP contribution >= 0.6 is 0 Å². The van der Waals surface area contributed by atoms with Crippen LogP contribution in [0.15, 0.2) is 48.5 Å². The maximum atomic E-state index is 13.7. The van der Waals surface area contributed by atoms with E-state index in [9.17, 15) is 19.5 Å². The van der Waals surface area contributed by atoms with E-state index in [4.69, 9.17) is 9.47 Å². The van der Waals surface area contributed by atoms with Crippen LogP contribution in [0.5, 0.6) is 11.5 Å². The van der Waals surface area contributed by atoms with Crippen molar-refractivity contribution in [3.05, 3.63) is 59.7 Å². The lowest BCUT2D eigenvalue weighted by Gasteiger charge is -2.30. The largest absolute Gasteiger partial charge is 0.454 e. The summed E-state index contributed by atoms with van der Waals surface area (Å²) in [6.07, 6.45) is -0.212. The Labute approximate surface area is 186 Å². The van der Waals surface area contributed by atoms with Gasteiger partial charge >= 0.3 is 0 Å². The Morgan fingerprint density at radius 3 is 2.59 bits per heavy atom. The van der Waals surface area contributed by atoms with Gasteiger partial charge in [-0.2, -0.15) is 0 Å². The summed E-state index contributed by atoms with van der Waals surface area (Å²) >= 11 is 0. The highest BCUT2D eigenvalue weighted by molar-refractivity contribution is 6.10. The predicted octanol–water partition coefficient (Wildman–Crippen LogP) is 1.84. The second-order valence-corrected chi connectivity index (χ2v) is 7.97. The Morgan fingerprint density at radius 2 is 1.88 bits per heavy atom. The van der Waals surface area contributed by atoms with E-state index in [1.54, 1.807) is 42.5 Å². The first kappa shape index (κ1) is 21.8. The van der Waals surface area contributed by atoms with E-state index in [0.29, 0.717) is 23.6 Å². The van der Waals surface area contributed by atoms with Gasteiger partial charge in [-0.15, -0.1) is 0 Å². The minimum absolute atomic E-state index is 0.0805. The molecule has 2 aromatic carbocycles. The lowest BCUT2D eigenvalue weighted by Crippen LogP contribution is -2.44. The zero-order valence-corrected chi connectivity index (χ0v) is 18.0. The number of hydrogen-bond donors (Lipinski definition) is 1. The molecule has 0 bridgehead atoms. The van der Waals surface area contributed by atoms with Crippen LogP contribution in [0.1, 0.15) is 30.9 Å². The van der Waals surface area contributed by atoms with Crippen molar-refractivity contribution in [3.63, 3.8) is 0 Å². The monoisotopic (exact) mass is 438 g/mol. The molecule has 8 nitrogen and oxygen atoms in total. The number of likely N-dealkylation sites (tertiary alicyclic amines) is 1. The molecule has 1 N–H and O–H groups in total. The number of aliphatic hydroxyl groups is 1. The fourth-order valence-corrected chi connectivity index (χ4v) is 4.36. The molecule has 1 atom stereocenters. The molecule has 0 aromatic heterocycles. The Hall–Kier alpha value is -3.39. The van der Waals surface area contributed by atoms with E-state index >= 15 is 0 Å². The summed E-state index contributed by atoms with van der Waals surface area (Å²) < 4.78 is 10.7. The number of benzene rings is 2. The van der Waals surface area contributed by atoms with Crippen LogP contribution in [0.2, 0.25) is 0 Å². The first-order chi connectivity index (χ1) is 15.5. The Kier molecular flexibility index (Phi) is 6.14. The Bertz CT molecular complexity index is 1020. The Morgan fingerprint density at radius 1 is 1.12 bits per heavy atom. The van der Waals surface area contributed by atoms with Crippen LogP contribution in [0, 0.1) is 0 Å². The number of amides is 3. The van der Waals surface area contributed by atoms with E-state index in [1.807, 2.05) is 13.0 Å². The molecule has 1 unspecified atom stereocenters. The molecule has 4 rings (SSSR count). The number of imide groups is 1. The van der Waals surface area contributed by atoms with E-state index in [2.05, 4.69) is 0 Å². The topological polar surface area (TPSA) is 96.4 Å². The fraction of sp³-hybridized carbons (Fsp3) is 0.375. The molecule has 0 saturated carbocycles. The van der Waals surface area contributed by atoms with Gasteiger partial charge < -0.3 is 19.5 Å². The zero-order valence-electron chi connectivity index (χ0n) is 18.0. The third kappa shape index (κ3) is 3.93. The number of fused-ring (bicyclic) bond motifs is 1. The molecule has 32 heavy (non-hydrogen) atoms. The van der Waals surface area contributed by atoms with Gasteiger partial charge in [-0.25, -0.2) is 0 Å². The average molecular weight is 438 g/mol. The van der Waals surface area contributed by atoms with Gasteiger partial charge in [0.1, 0.15) is 0 Å². The van der Waals surface area contributed by atoms with Crippen molar-refractivity contribution in [1.82, 2.24) is 9.80 Å². The smallest absolute Gasteiger partial charge is 0.241 e. The third-order valence-corrected chi connectivity index (χ3v) is 6.07. The number of aliphatic hydroxyl groups excluding tert-OH is 1. The van der Waals surface area contributed by atoms with Crippen molar-refractivity contribution < 1.29 is 29.0 Å². The van der Waals surface area contributed by atoms with Crippen molar-refractivity contribution in [3.8, 4) is 11.5 Å². The van der Waals surface area contributed by atoms with Gasteiger partial charge in [-0.05, 0) is 30.2 Å². The molecule has 2 heterocycles. The van der Waals surface area contributed by atoms with Gasteiger partial charge in [-0.3, -0.25) is 19.3 Å². The van der Waals surface area contributed by atoms with Gasteiger partial charge in [0.2, 0.25) is 24.5 Å². The summed E-state index contributed by atoms with van der Waals surface area (Å²) in [5.74, 6) is 0.222. The van der Waals surface area contributed by atoms with Crippen molar-refractivity contribution in [2.45, 2.75) is 31.7 Å². The molecule has 0 aliphatic carbocycles. The standard InChI is InChI=1S/C24H26N2O6/c1-2-25(10-11-27)21(28)13-24(18-6-4-3-5-7-18)14-22(29)26(23(24)30)15-17-8-9-19-20(12-17)32-16-31-19/h3-9,12,27H,2,10-11,13-16H2,1H3. The minimum Gasteiger partial charge on any atom is -0.454 e. The normalized spacial score (nSPS) is 19.5. The highest BCUT2D eigenvalue weighted by atomic mass is 16.7. The van der Waals surface area contributed by atoms with Crippen LogP contribution in [0.25, 0.3) is 0 Å². The van der Waals surface area contributed by atoms with Gasteiger partial charge in [0, 0.05) is 25.9 Å². The lowest BCUT2D eigenvalue weighted by atomic mass is 9.75. The predicted molar refractivity (Wildman–Crippen MR) is 115 cm³/mol. The molecule has 0 radical (unpaired) electrons. The zero-order chi connectivity index (χ0) is 22.7. The summed E-state index contributed by atoms with van der Waals surface area (Å²) in [4.78, 5) is 42.5. The van der Waals surface area contributed by atoms with E-state index < -0.39 is 5.41 Å². The highest BCUT2D eigenvalue weighted by Crippen LogP contribution is 2.41. The number of hydrogen-bond acceptors (Lipinski definition) is 6. The first-order valence-electron chi connectivity index (χ1n) is 10.7. The lowest BCUT2D eigenvalue weighted by molar-refractivity contribution is -0.143. The average Bonchev–Trinajstić information content (AvgIpc) is 3.36. The molecular weight excluding hydrogens is 412 g/mol. The number of carbonyl (C=O) groups is 3. The minimum atomic E-state index is -1.27. The summed E-state index contributed by atoms with van der Waals surface area (Å²) in [5.41, 5.74) is 0.107. The molecule has 1 fully saturated rings. The molecule has 3 amide bonds. The molecule has 2 aliphatic rings. The third-order valence-electron chi connectivity index (χ3n) is 6.07. The van der Waals surface area contributed by atoms with E-state index in [-0.39, 0.29) is 57.1 Å². The van der Waals surface area contributed by atoms with Crippen molar-refractivity contribution in [2.75, 3.05) is 26.5 Å². The maximum absolute atomic E-state index is 13.7. The van der Waals surface area contributed by atoms with Crippen LogP contribution in [0.4, 0.5) is 0 Å². The number of likely N-dealkylation sites (N-methyl/N-ethyl adjacent to an activating group) is 1. The summed E-state index contributed by atoms with van der Waals surface area (Å²) in [5, 5.41) is 9.28. The first-order valence-corrected chi connectivity index (χ1v) is 10.7. The summed E-state index contributed by atoms with van der Waals surface area (Å²) in [7, 11) is 0. The molecular formula is C24H26N2O6. The fourth-order valence-electron chi connectivity index (χ4n) is 4.36. The second-order valence-electron chi connectivity index (χ2n) is 7.97. The molecule has 8 heteroatoms. The quantitative estimate of drug-likeness (QED) is 0.632. The van der Waals surface area contributed by atoms with E-state index in [1.165, 1.54) is 9.80 Å². The molecule has 0 spiro atoms. The van der Waals surface area contributed by atoms with Gasteiger partial charge in [0.05, 0.1) is 18.6 Å². The highest BCUT2D eigenvalue weighted by Gasteiger charge is 2.54. The van der Waals surface area contributed by atoms with Crippen LogP contribution in [-0.4, -0.2) is 59.1 Å². The number of rotatable bonds is 8. The molecule has 2 aliphatic heterocycles. The molecule has 2 aromatic rings. The number of ether oxygens (including phenoxy) is 2. The van der Waals surface area contributed by atoms with E-state index in [0.717, 1.165) is 5.56 Å². The van der Waals surface area contributed by atoms with Crippen LogP contribution in [-0.2, 0) is 26.3 Å². The summed E-state index contributed by atoms with van der Waals surface area (Å²) in [6, 6.07) is 14.3. The number of carbonyl (C=O) groups excluding carboxylic acids is 3. The Balaban J connectivity index is 1.64. The molecule has 1 saturated heterocycles. The van der Waals surface area contributed by atoms with Crippen molar-refractivity contribution in [2.24, 2.45) is 0 Å². The van der Waals surface area contributed by atoms with Crippen molar-refractivity contribution in [1.29, 1.82) is 0 Å². The van der Waals surface area contributed by atoms with Gasteiger partial charge in [0.15, 0.2) is 11.5 Å². The maximum Gasteiger partial charge on any atom is 0.241 e.